The van der Waals surface area contributed by atoms with Gasteiger partial charge in [-0.25, -0.2) is 18.4 Å². The molecule has 3 aromatic heterocycles. The third kappa shape index (κ3) is 4.17. The van der Waals surface area contributed by atoms with E-state index >= 15 is 0 Å². The maximum atomic E-state index is 13.7. The first kappa shape index (κ1) is 23.4. The third-order valence-electron chi connectivity index (χ3n) is 6.99. The SMILES string of the molecule is O=S(=O)(c1ccccc1)c1nc2[nH]ccc2c2c1nc(C=NO)n2C1CCN(Cc2ccccc2)CC1. The summed E-state index contributed by atoms with van der Waals surface area (Å²) >= 11 is 0. The van der Waals surface area contributed by atoms with Gasteiger partial charge in [-0.05, 0) is 36.6 Å². The van der Waals surface area contributed by atoms with Crippen molar-refractivity contribution in [1.29, 1.82) is 0 Å². The largest absolute Gasteiger partial charge is 0.411 e. The molecular formula is C27H26N6O3S. The number of fused-ring (bicyclic) bond motifs is 3. The monoisotopic (exact) mass is 514 g/mol. The van der Waals surface area contributed by atoms with E-state index in [0.717, 1.165) is 37.9 Å². The van der Waals surface area contributed by atoms with Crippen LogP contribution in [0.15, 0.2) is 88.0 Å². The van der Waals surface area contributed by atoms with Crippen molar-refractivity contribution in [2.24, 2.45) is 5.16 Å². The van der Waals surface area contributed by atoms with Gasteiger partial charge in [-0.3, -0.25) is 4.90 Å². The number of benzene rings is 2. The van der Waals surface area contributed by atoms with Gasteiger partial charge >= 0.3 is 0 Å². The molecule has 0 saturated carbocycles. The maximum Gasteiger partial charge on any atom is 0.226 e. The fourth-order valence-electron chi connectivity index (χ4n) is 5.24. The van der Waals surface area contributed by atoms with Crippen LogP contribution in [0.4, 0.5) is 0 Å². The topological polar surface area (TPSA) is 116 Å². The number of aromatic nitrogens is 4. The summed E-state index contributed by atoms with van der Waals surface area (Å²) in [5, 5.41) is 13.3. The van der Waals surface area contributed by atoms with Crippen molar-refractivity contribution in [3.8, 4) is 0 Å². The number of imidazole rings is 1. The predicted molar refractivity (Wildman–Crippen MR) is 141 cm³/mol. The van der Waals surface area contributed by atoms with Gasteiger partial charge in [0.25, 0.3) is 0 Å². The molecule has 1 aliphatic heterocycles. The van der Waals surface area contributed by atoms with Gasteiger partial charge in [-0.15, -0.1) is 0 Å². The number of pyridine rings is 1. The highest BCUT2D eigenvalue weighted by molar-refractivity contribution is 7.91. The van der Waals surface area contributed by atoms with E-state index < -0.39 is 9.84 Å². The highest BCUT2D eigenvalue weighted by Crippen LogP contribution is 2.36. The van der Waals surface area contributed by atoms with Crippen LogP contribution in [0, 0.1) is 0 Å². The first-order valence-corrected chi connectivity index (χ1v) is 13.7. The molecule has 0 amide bonds. The first-order chi connectivity index (χ1) is 18.1. The number of hydrogen-bond acceptors (Lipinski definition) is 7. The quantitative estimate of drug-likeness (QED) is 0.197. The van der Waals surface area contributed by atoms with Gasteiger partial charge in [0.2, 0.25) is 9.84 Å². The van der Waals surface area contributed by atoms with Gasteiger partial charge in [0.1, 0.15) is 17.4 Å². The van der Waals surface area contributed by atoms with Gasteiger partial charge in [0, 0.05) is 37.3 Å². The molecule has 2 N–H and O–H groups in total. The molecule has 0 aliphatic carbocycles. The number of hydrogen-bond donors (Lipinski definition) is 2. The second-order valence-corrected chi connectivity index (χ2v) is 11.1. The van der Waals surface area contributed by atoms with Gasteiger partial charge in [-0.1, -0.05) is 53.7 Å². The molecule has 1 aliphatic rings. The summed E-state index contributed by atoms with van der Waals surface area (Å²) in [6.07, 6.45) is 4.71. The molecular weight excluding hydrogens is 488 g/mol. The summed E-state index contributed by atoms with van der Waals surface area (Å²) in [6, 6.07) is 20.6. The average Bonchev–Trinajstić information content (AvgIpc) is 3.54. The van der Waals surface area contributed by atoms with Gasteiger partial charge in [0.05, 0.1) is 10.4 Å². The van der Waals surface area contributed by atoms with E-state index in [1.54, 1.807) is 36.5 Å². The smallest absolute Gasteiger partial charge is 0.226 e. The van der Waals surface area contributed by atoms with Crippen LogP contribution >= 0.6 is 0 Å². The van der Waals surface area contributed by atoms with Gasteiger partial charge in [-0.2, -0.15) is 0 Å². The number of nitrogens with one attached hydrogen (secondary N) is 1. The molecule has 10 heteroatoms. The highest BCUT2D eigenvalue weighted by Gasteiger charge is 2.31. The number of oxime groups is 1. The van der Waals surface area contributed by atoms with E-state index in [2.05, 4.69) is 49.3 Å². The highest BCUT2D eigenvalue weighted by atomic mass is 32.2. The Hall–Kier alpha value is -4.02. The Kier molecular flexibility index (Phi) is 5.97. The molecule has 188 valence electrons. The Morgan fingerprint density at radius 2 is 1.70 bits per heavy atom. The molecule has 1 saturated heterocycles. The maximum absolute atomic E-state index is 13.7. The van der Waals surface area contributed by atoms with Crippen molar-refractivity contribution in [2.75, 3.05) is 13.1 Å². The number of H-pyrrole nitrogens is 1. The van der Waals surface area contributed by atoms with Crippen molar-refractivity contribution in [3.05, 3.63) is 84.3 Å². The summed E-state index contributed by atoms with van der Waals surface area (Å²) < 4.78 is 29.4. The van der Waals surface area contributed by atoms with Crippen LogP contribution in [0.1, 0.15) is 30.3 Å². The van der Waals surface area contributed by atoms with Crippen LogP contribution in [0.25, 0.3) is 22.1 Å². The lowest BCUT2D eigenvalue weighted by Gasteiger charge is -2.33. The molecule has 0 spiro atoms. The summed E-state index contributed by atoms with van der Waals surface area (Å²) in [5.41, 5.74) is 2.70. The number of likely N-dealkylation sites (tertiary alicyclic amines) is 1. The first-order valence-electron chi connectivity index (χ1n) is 12.2. The molecule has 6 rings (SSSR count). The lowest BCUT2D eigenvalue weighted by atomic mass is 10.0. The second kappa shape index (κ2) is 9.45. The zero-order valence-corrected chi connectivity index (χ0v) is 20.8. The Labute approximate surface area is 214 Å². The summed E-state index contributed by atoms with van der Waals surface area (Å²) in [6.45, 7) is 2.64. The molecule has 5 aromatic rings. The Bertz CT molecular complexity index is 1690. The Morgan fingerprint density at radius 1 is 1.00 bits per heavy atom. The fourth-order valence-corrected chi connectivity index (χ4v) is 6.59. The average molecular weight is 515 g/mol. The standard InChI is InChI=1S/C27H26N6O3S/c34-29-17-23-30-24-25(33(23)20-12-15-32(16-13-20)18-19-7-3-1-4-8-19)22-11-14-28-26(22)31-27(24)37(35,36)21-9-5-2-6-10-21/h1-11,14,17,20,34H,12-13,15-16,18H2,(H,28,31). The normalized spacial score (nSPS) is 15.8. The second-order valence-electron chi connectivity index (χ2n) is 9.25. The van der Waals surface area contributed by atoms with Crippen molar-refractivity contribution in [1.82, 2.24) is 24.4 Å². The predicted octanol–water partition coefficient (Wildman–Crippen LogP) is 4.39. The zero-order chi connectivity index (χ0) is 25.4. The van der Waals surface area contributed by atoms with Gasteiger partial charge in [0.15, 0.2) is 10.9 Å². The summed E-state index contributed by atoms with van der Waals surface area (Å²) in [5.74, 6) is 0.402. The van der Waals surface area contributed by atoms with Crippen molar-refractivity contribution in [2.45, 2.75) is 35.3 Å². The summed E-state index contributed by atoms with van der Waals surface area (Å²) in [7, 11) is -3.95. The van der Waals surface area contributed by atoms with Crippen molar-refractivity contribution < 1.29 is 13.6 Å². The molecule has 0 bridgehead atoms. The minimum absolute atomic E-state index is 0.0535. The molecule has 37 heavy (non-hydrogen) atoms. The van der Waals surface area contributed by atoms with Crippen LogP contribution < -0.4 is 0 Å². The zero-order valence-electron chi connectivity index (χ0n) is 20.0. The van der Waals surface area contributed by atoms with Crippen LogP contribution in [-0.2, 0) is 16.4 Å². The molecule has 4 heterocycles. The molecule has 0 radical (unpaired) electrons. The molecule has 9 nitrogen and oxygen atoms in total. The van der Waals surface area contributed by atoms with E-state index in [9.17, 15) is 13.6 Å². The van der Waals surface area contributed by atoms with Crippen LogP contribution in [-0.4, -0.2) is 57.3 Å². The Balaban J connectivity index is 1.45. The molecule has 0 unspecified atom stereocenters. The lowest BCUT2D eigenvalue weighted by Crippen LogP contribution is -2.34. The number of sulfone groups is 1. The minimum atomic E-state index is -3.95. The van der Waals surface area contributed by atoms with Crippen molar-refractivity contribution in [3.63, 3.8) is 0 Å². The third-order valence-corrected chi connectivity index (χ3v) is 8.67. The van der Waals surface area contributed by atoms with Crippen LogP contribution in [0.2, 0.25) is 0 Å². The number of rotatable bonds is 6. The van der Waals surface area contributed by atoms with Crippen LogP contribution in [0.3, 0.4) is 0 Å². The van der Waals surface area contributed by atoms with Crippen molar-refractivity contribution >= 4 is 38.1 Å². The summed E-state index contributed by atoms with van der Waals surface area (Å²) in [4.78, 5) is 14.8. The van der Waals surface area contributed by atoms with Gasteiger partial charge < -0.3 is 14.8 Å². The van der Waals surface area contributed by atoms with Crippen LogP contribution in [0.5, 0.6) is 0 Å². The van der Waals surface area contributed by atoms with E-state index in [1.165, 1.54) is 11.8 Å². The van der Waals surface area contributed by atoms with E-state index in [4.69, 9.17) is 0 Å². The number of aromatic amines is 1. The number of nitrogens with zero attached hydrogens (tertiary/aromatic N) is 5. The molecule has 2 aromatic carbocycles. The lowest BCUT2D eigenvalue weighted by molar-refractivity contribution is 0.181. The van der Waals surface area contributed by atoms with E-state index in [0.29, 0.717) is 17.0 Å². The molecule has 0 atom stereocenters. The van der Waals surface area contributed by atoms with E-state index in [1.807, 2.05) is 16.7 Å². The van der Waals surface area contributed by atoms with E-state index in [-0.39, 0.29) is 21.5 Å². The minimum Gasteiger partial charge on any atom is -0.411 e. The molecule has 1 fully saturated rings. The fraction of sp³-hybridized carbons (Fsp3) is 0.222. The Morgan fingerprint density at radius 3 is 2.41 bits per heavy atom. The number of piperidine rings is 1.